The van der Waals surface area contributed by atoms with Crippen LogP contribution in [0.25, 0.3) is 6.08 Å². The molecule has 148 valence electrons. The molecule has 0 unspecified atom stereocenters. The second-order valence-corrected chi connectivity index (χ2v) is 8.32. The van der Waals surface area contributed by atoms with Crippen LogP contribution in [0.5, 0.6) is 5.75 Å². The van der Waals surface area contributed by atoms with Gasteiger partial charge in [0.1, 0.15) is 5.75 Å². The number of ether oxygens (including phenoxy) is 1. The fraction of sp³-hybridized carbons (Fsp3) is 0.455. The molecule has 1 aromatic heterocycles. The minimum Gasteiger partial charge on any atom is -0.493 e. The molecule has 1 aromatic carbocycles. The van der Waals surface area contributed by atoms with Crippen LogP contribution in [-0.4, -0.2) is 28.3 Å². The van der Waals surface area contributed by atoms with Crippen LogP contribution >= 0.6 is 11.6 Å². The molecule has 0 radical (unpaired) electrons. The molecule has 2 aliphatic carbocycles. The van der Waals surface area contributed by atoms with Crippen molar-refractivity contribution in [2.75, 3.05) is 6.61 Å². The van der Waals surface area contributed by atoms with E-state index < -0.39 is 0 Å². The van der Waals surface area contributed by atoms with Gasteiger partial charge in [0, 0.05) is 28.7 Å². The molecule has 1 atom stereocenters. The summed E-state index contributed by atoms with van der Waals surface area (Å²) in [7, 11) is 0. The molecular weight excluding hydrogens is 374 g/mol. The molecule has 6 heteroatoms. The fourth-order valence-electron chi connectivity index (χ4n) is 2.96. The third-order valence-electron chi connectivity index (χ3n) is 5.09. The lowest BCUT2D eigenvalue weighted by Crippen LogP contribution is -2.32. The van der Waals surface area contributed by atoms with E-state index in [9.17, 15) is 4.79 Å². The molecule has 0 spiro atoms. The van der Waals surface area contributed by atoms with Gasteiger partial charge in [0.15, 0.2) is 0 Å². The van der Waals surface area contributed by atoms with Gasteiger partial charge in [-0.15, -0.1) is 0 Å². The number of benzene rings is 1. The summed E-state index contributed by atoms with van der Waals surface area (Å²) in [6.07, 6.45) is 12.3. The highest BCUT2D eigenvalue weighted by atomic mass is 35.5. The molecule has 1 heterocycles. The maximum absolute atomic E-state index is 11.8. The number of amides is 1. The van der Waals surface area contributed by atoms with E-state index in [1.165, 1.54) is 12.8 Å². The molecule has 1 amide bonds. The Hall–Kier alpha value is -2.27. The molecule has 0 saturated heterocycles. The molecular formula is C22H26ClN3O2. The Morgan fingerprint density at radius 1 is 1.39 bits per heavy atom. The van der Waals surface area contributed by atoms with E-state index in [0.29, 0.717) is 11.6 Å². The molecule has 2 aromatic rings. The van der Waals surface area contributed by atoms with Crippen LogP contribution in [0.2, 0.25) is 5.02 Å². The molecule has 2 aliphatic rings. The Morgan fingerprint density at radius 3 is 2.93 bits per heavy atom. The second kappa shape index (κ2) is 8.39. The Balaban J connectivity index is 1.31. The van der Waals surface area contributed by atoms with Crippen LogP contribution < -0.4 is 10.1 Å². The second-order valence-electron chi connectivity index (χ2n) is 7.91. The number of rotatable bonds is 9. The number of nitrogens with one attached hydrogen (secondary N) is 1. The largest absolute Gasteiger partial charge is 0.493 e. The van der Waals surface area contributed by atoms with Gasteiger partial charge in [-0.3, -0.25) is 9.48 Å². The zero-order valence-electron chi connectivity index (χ0n) is 16.1. The van der Waals surface area contributed by atoms with Gasteiger partial charge in [-0.1, -0.05) is 29.8 Å². The summed E-state index contributed by atoms with van der Waals surface area (Å²) in [6.45, 7) is 3.36. The molecule has 5 nitrogen and oxygen atoms in total. The Bertz CT molecular complexity index is 868. The van der Waals surface area contributed by atoms with Crippen LogP contribution in [0, 0.1) is 11.8 Å². The monoisotopic (exact) mass is 399 g/mol. The molecule has 28 heavy (non-hydrogen) atoms. The van der Waals surface area contributed by atoms with Gasteiger partial charge in [0.05, 0.1) is 19.3 Å². The molecule has 1 N–H and O–H groups in total. The minimum absolute atomic E-state index is 0.00841. The highest BCUT2D eigenvalue weighted by Gasteiger charge is 2.29. The standard InChI is InChI=1S/C22H26ClN3O2/c1-15(25-22(27)18-6-7-18)2-3-17-11-24-26(12-17)13-19-8-9-20(10-21(19)23)28-14-16-4-5-16/h2-3,8-12,15-16,18H,4-7,13-14H2,1H3,(H,25,27)/b3-2+/t15-/m0/s1. The molecule has 2 fully saturated rings. The first-order valence-corrected chi connectivity index (χ1v) is 10.4. The molecule has 4 rings (SSSR count). The summed E-state index contributed by atoms with van der Waals surface area (Å²) in [5, 5.41) is 8.11. The number of aromatic nitrogens is 2. The number of carbonyl (C=O) groups is 1. The SMILES string of the molecule is C[C@@H](/C=C/c1cnn(Cc2ccc(OCC3CC3)cc2Cl)c1)NC(=O)C1CC1. The lowest BCUT2D eigenvalue weighted by molar-refractivity contribution is -0.122. The molecule has 0 bridgehead atoms. The predicted octanol–water partition coefficient (Wildman–Crippen LogP) is 4.30. The van der Waals surface area contributed by atoms with Crippen molar-refractivity contribution in [2.24, 2.45) is 11.8 Å². The fourth-order valence-corrected chi connectivity index (χ4v) is 3.19. The Kier molecular flexibility index (Phi) is 5.72. The summed E-state index contributed by atoms with van der Waals surface area (Å²) in [5.74, 6) is 1.94. The van der Waals surface area contributed by atoms with Crippen molar-refractivity contribution in [1.29, 1.82) is 0 Å². The van der Waals surface area contributed by atoms with E-state index in [1.54, 1.807) is 0 Å². The smallest absolute Gasteiger partial charge is 0.223 e. The number of carbonyl (C=O) groups excluding carboxylic acids is 1. The topological polar surface area (TPSA) is 56.1 Å². The zero-order chi connectivity index (χ0) is 19.5. The van der Waals surface area contributed by atoms with E-state index in [-0.39, 0.29) is 17.9 Å². The Labute approximate surface area is 170 Å². The summed E-state index contributed by atoms with van der Waals surface area (Å²) >= 11 is 6.42. The lowest BCUT2D eigenvalue weighted by Gasteiger charge is -2.09. The van der Waals surface area contributed by atoms with Crippen molar-refractivity contribution >= 4 is 23.6 Å². The highest BCUT2D eigenvalue weighted by molar-refractivity contribution is 6.31. The Morgan fingerprint density at radius 2 is 2.21 bits per heavy atom. The van der Waals surface area contributed by atoms with Crippen molar-refractivity contribution in [3.63, 3.8) is 0 Å². The number of hydrogen-bond acceptors (Lipinski definition) is 3. The predicted molar refractivity (Wildman–Crippen MR) is 110 cm³/mol. The minimum atomic E-state index is 0.00841. The normalized spacial score (nSPS) is 17.6. The van der Waals surface area contributed by atoms with E-state index in [0.717, 1.165) is 42.2 Å². The van der Waals surface area contributed by atoms with Crippen LogP contribution in [0.4, 0.5) is 0 Å². The first kappa shape index (κ1) is 19.1. The highest BCUT2D eigenvalue weighted by Crippen LogP contribution is 2.31. The summed E-state index contributed by atoms with van der Waals surface area (Å²) < 4.78 is 7.63. The van der Waals surface area contributed by atoms with Gasteiger partial charge < -0.3 is 10.1 Å². The van der Waals surface area contributed by atoms with E-state index in [1.807, 2.05) is 54.4 Å². The van der Waals surface area contributed by atoms with Crippen molar-refractivity contribution in [2.45, 2.75) is 45.2 Å². The summed E-state index contributed by atoms with van der Waals surface area (Å²) in [6, 6.07) is 5.86. The van der Waals surface area contributed by atoms with Gasteiger partial charge in [-0.05, 0) is 56.2 Å². The first-order chi connectivity index (χ1) is 13.6. The van der Waals surface area contributed by atoms with E-state index in [2.05, 4.69) is 10.4 Å². The van der Waals surface area contributed by atoms with Crippen molar-refractivity contribution < 1.29 is 9.53 Å². The average Bonchev–Trinajstić information content (AvgIpc) is 3.59. The lowest BCUT2D eigenvalue weighted by atomic mass is 10.2. The van der Waals surface area contributed by atoms with Crippen LogP contribution in [0.15, 0.2) is 36.7 Å². The van der Waals surface area contributed by atoms with Gasteiger partial charge in [-0.2, -0.15) is 5.10 Å². The number of halogens is 1. The first-order valence-electron chi connectivity index (χ1n) is 9.99. The van der Waals surface area contributed by atoms with Crippen LogP contribution in [-0.2, 0) is 11.3 Å². The maximum Gasteiger partial charge on any atom is 0.223 e. The maximum atomic E-state index is 11.8. The quantitative estimate of drug-likeness (QED) is 0.683. The average molecular weight is 400 g/mol. The third kappa shape index (κ3) is 5.38. The van der Waals surface area contributed by atoms with Crippen LogP contribution in [0.3, 0.4) is 0 Å². The van der Waals surface area contributed by atoms with Gasteiger partial charge in [0.25, 0.3) is 0 Å². The van der Waals surface area contributed by atoms with Crippen LogP contribution in [0.1, 0.15) is 43.7 Å². The van der Waals surface area contributed by atoms with Crippen molar-refractivity contribution in [3.05, 3.63) is 52.8 Å². The zero-order valence-corrected chi connectivity index (χ0v) is 16.9. The van der Waals surface area contributed by atoms with Gasteiger partial charge in [0.2, 0.25) is 5.91 Å². The third-order valence-corrected chi connectivity index (χ3v) is 5.44. The van der Waals surface area contributed by atoms with Crippen molar-refractivity contribution in [3.8, 4) is 5.75 Å². The van der Waals surface area contributed by atoms with E-state index in [4.69, 9.17) is 16.3 Å². The van der Waals surface area contributed by atoms with Gasteiger partial charge in [-0.25, -0.2) is 0 Å². The molecule has 2 saturated carbocycles. The van der Waals surface area contributed by atoms with Crippen molar-refractivity contribution in [1.82, 2.24) is 15.1 Å². The summed E-state index contributed by atoms with van der Waals surface area (Å²) in [5.41, 5.74) is 2.00. The number of nitrogens with zero attached hydrogens (tertiary/aromatic N) is 2. The summed E-state index contributed by atoms with van der Waals surface area (Å²) in [4.78, 5) is 11.8. The van der Waals surface area contributed by atoms with E-state index >= 15 is 0 Å². The molecule has 0 aliphatic heterocycles. The number of hydrogen-bond donors (Lipinski definition) is 1. The van der Waals surface area contributed by atoms with Gasteiger partial charge >= 0.3 is 0 Å².